The van der Waals surface area contributed by atoms with Gasteiger partial charge in [-0.15, -0.1) is 0 Å². The molecule has 1 aliphatic rings. The lowest BCUT2D eigenvalue weighted by atomic mass is 10.0. The number of benzene rings is 1. The van der Waals surface area contributed by atoms with Crippen LogP contribution in [0.15, 0.2) is 41.1 Å². The molecule has 0 unspecified atom stereocenters. The minimum Gasteiger partial charge on any atom is -0.497 e. The molecular weight excluding hydrogens is 258 g/mol. The molecule has 1 aromatic carbocycles. The second kappa shape index (κ2) is 5.61. The summed E-state index contributed by atoms with van der Waals surface area (Å²) < 4.78 is 9.78. The normalized spacial score (nSPS) is 16.4. The van der Waals surface area contributed by atoms with Gasteiger partial charge in [0.15, 0.2) is 0 Å². The number of allylic oxidation sites excluding steroid dienone is 1. The summed E-state index contributed by atoms with van der Waals surface area (Å²) in [6.07, 6.45) is 1.65. The third-order valence-electron chi connectivity index (χ3n) is 3.01. The van der Waals surface area contributed by atoms with Crippen molar-refractivity contribution in [3.8, 4) is 5.75 Å². The van der Waals surface area contributed by atoms with Crippen molar-refractivity contribution in [3.63, 3.8) is 0 Å². The topological polar surface area (TPSA) is 64.6 Å². The van der Waals surface area contributed by atoms with E-state index >= 15 is 0 Å². The fraction of sp³-hybridized carbons (Fsp3) is 0.200. The Labute approximate surface area is 116 Å². The summed E-state index contributed by atoms with van der Waals surface area (Å²) in [5.74, 6) is -0.109. The van der Waals surface area contributed by atoms with Gasteiger partial charge in [0.05, 0.1) is 25.4 Å². The largest absolute Gasteiger partial charge is 0.497 e. The average Bonchev–Trinajstić information content (AvgIpc) is 2.73. The van der Waals surface area contributed by atoms with E-state index in [2.05, 4.69) is 5.32 Å². The average molecular weight is 273 g/mol. The van der Waals surface area contributed by atoms with Crippen LogP contribution >= 0.6 is 0 Å². The van der Waals surface area contributed by atoms with Gasteiger partial charge in [-0.25, -0.2) is 4.79 Å². The first-order chi connectivity index (χ1) is 9.56. The van der Waals surface area contributed by atoms with Crippen LogP contribution in [0.3, 0.4) is 0 Å². The predicted molar refractivity (Wildman–Crippen MR) is 73.8 cm³/mol. The van der Waals surface area contributed by atoms with Crippen LogP contribution in [-0.4, -0.2) is 26.1 Å². The molecule has 0 aromatic heterocycles. The Morgan fingerprint density at radius 3 is 2.40 bits per heavy atom. The molecule has 1 aliphatic heterocycles. The van der Waals surface area contributed by atoms with E-state index in [0.717, 1.165) is 11.3 Å². The minimum atomic E-state index is -0.527. The Bertz CT molecular complexity index is 611. The Hall–Kier alpha value is -2.56. The van der Waals surface area contributed by atoms with Crippen molar-refractivity contribution in [3.05, 3.63) is 46.7 Å². The lowest BCUT2D eigenvalue weighted by Gasteiger charge is -2.03. The van der Waals surface area contributed by atoms with Gasteiger partial charge in [0.25, 0.3) is 5.91 Å². The second-order valence-electron chi connectivity index (χ2n) is 4.28. The van der Waals surface area contributed by atoms with Gasteiger partial charge >= 0.3 is 5.97 Å². The van der Waals surface area contributed by atoms with Crippen molar-refractivity contribution in [2.75, 3.05) is 14.2 Å². The highest BCUT2D eigenvalue weighted by Crippen LogP contribution is 2.25. The highest BCUT2D eigenvalue weighted by molar-refractivity contribution is 6.16. The molecule has 1 aromatic rings. The molecule has 0 spiro atoms. The maximum Gasteiger partial charge on any atom is 0.340 e. The van der Waals surface area contributed by atoms with Crippen molar-refractivity contribution in [2.24, 2.45) is 0 Å². The van der Waals surface area contributed by atoms with E-state index in [1.807, 2.05) is 12.1 Å². The van der Waals surface area contributed by atoms with Crippen LogP contribution in [0, 0.1) is 0 Å². The smallest absolute Gasteiger partial charge is 0.340 e. The van der Waals surface area contributed by atoms with Gasteiger partial charge in [0.2, 0.25) is 0 Å². The molecule has 1 N–H and O–H groups in total. The van der Waals surface area contributed by atoms with Crippen LogP contribution in [0.5, 0.6) is 5.75 Å². The van der Waals surface area contributed by atoms with E-state index in [9.17, 15) is 9.59 Å². The Morgan fingerprint density at radius 1 is 1.20 bits per heavy atom. The number of methoxy groups -OCH3 is 2. The number of nitrogens with one attached hydrogen (secondary N) is 1. The molecule has 1 amide bonds. The fourth-order valence-electron chi connectivity index (χ4n) is 1.99. The first-order valence-electron chi connectivity index (χ1n) is 6.03. The molecule has 20 heavy (non-hydrogen) atoms. The molecule has 1 heterocycles. The number of hydrogen-bond donors (Lipinski definition) is 1. The Morgan fingerprint density at radius 2 is 1.85 bits per heavy atom. The number of amides is 1. The van der Waals surface area contributed by atoms with Crippen LogP contribution in [0.25, 0.3) is 6.08 Å². The van der Waals surface area contributed by atoms with Gasteiger partial charge in [0, 0.05) is 5.70 Å². The molecule has 0 saturated carbocycles. The third-order valence-corrected chi connectivity index (χ3v) is 3.01. The summed E-state index contributed by atoms with van der Waals surface area (Å²) in [5.41, 5.74) is 1.88. The number of carbonyl (C=O) groups excluding carboxylic acids is 2. The number of hydrogen-bond acceptors (Lipinski definition) is 4. The summed E-state index contributed by atoms with van der Waals surface area (Å²) in [6, 6.07) is 7.19. The number of ether oxygens (including phenoxy) is 2. The molecule has 0 aliphatic carbocycles. The Balaban J connectivity index is 2.40. The van der Waals surface area contributed by atoms with Gasteiger partial charge in [-0.05, 0) is 30.7 Å². The molecule has 2 rings (SSSR count). The van der Waals surface area contributed by atoms with Gasteiger partial charge in [-0.3, -0.25) is 4.79 Å². The maximum absolute atomic E-state index is 11.9. The maximum atomic E-state index is 11.9. The minimum absolute atomic E-state index is 0.272. The summed E-state index contributed by atoms with van der Waals surface area (Å²) in [7, 11) is 2.87. The second-order valence-corrected chi connectivity index (χ2v) is 4.28. The first kappa shape index (κ1) is 13.9. The lowest BCUT2D eigenvalue weighted by molar-refractivity contribution is -0.136. The summed E-state index contributed by atoms with van der Waals surface area (Å²) in [5, 5.41) is 2.62. The SMILES string of the molecule is COC(=O)C1=C(C)NC(=O)C1=Cc1ccc(OC)cc1. The van der Waals surface area contributed by atoms with E-state index in [0.29, 0.717) is 11.3 Å². The predicted octanol–water partition coefficient (Wildman–Crippen LogP) is 1.66. The highest BCUT2D eigenvalue weighted by atomic mass is 16.5. The van der Waals surface area contributed by atoms with Gasteiger partial charge in [0.1, 0.15) is 5.75 Å². The standard InChI is InChI=1S/C15H15NO4/c1-9-13(15(18)20-3)12(14(17)16-9)8-10-4-6-11(19-2)7-5-10/h4-8H,1-3H3,(H,16,17). The molecule has 0 bridgehead atoms. The highest BCUT2D eigenvalue weighted by Gasteiger charge is 2.30. The van der Waals surface area contributed by atoms with Crippen LogP contribution in [0.1, 0.15) is 12.5 Å². The molecule has 0 saturated heterocycles. The van der Waals surface area contributed by atoms with Crippen molar-refractivity contribution < 1.29 is 19.1 Å². The van der Waals surface area contributed by atoms with Crippen molar-refractivity contribution in [2.45, 2.75) is 6.92 Å². The molecule has 104 valence electrons. The molecule has 5 heteroatoms. The quantitative estimate of drug-likeness (QED) is 0.672. The van der Waals surface area contributed by atoms with Gasteiger partial charge in [-0.2, -0.15) is 0 Å². The van der Waals surface area contributed by atoms with E-state index in [1.54, 1.807) is 32.2 Å². The first-order valence-corrected chi connectivity index (χ1v) is 6.03. The lowest BCUT2D eigenvalue weighted by Crippen LogP contribution is -2.15. The summed E-state index contributed by atoms with van der Waals surface area (Å²) in [6.45, 7) is 1.67. The van der Waals surface area contributed by atoms with E-state index in [4.69, 9.17) is 9.47 Å². The van der Waals surface area contributed by atoms with Crippen LogP contribution in [-0.2, 0) is 14.3 Å². The molecule has 5 nitrogen and oxygen atoms in total. The fourth-order valence-corrected chi connectivity index (χ4v) is 1.99. The van der Waals surface area contributed by atoms with E-state index in [-0.39, 0.29) is 11.5 Å². The van der Waals surface area contributed by atoms with Crippen molar-refractivity contribution in [1.29, 1.82) is 0 Å². The van der Waals surface area contributed by atoms with Crippen LogP contribution < -0.4 is 10.1 Å². The molecule has 0 radical (unpaired) electrons. The zero-order valence-electron chi connectivity index (χ0n) is 11.5. The summed E-state index contributed by atoms with van der Waals surface area (Å²) >= 11 is 0. The van der Waals surface area contributed by atoms with E-state index < -0.39 is 5.97 Å². The zero-order chi connectivity index (χ0) is 14.7. The number of rotatable bonds is 3. The van der Waals surface area contributed by atoms with Gasteiger partial charge < -0.3 is 14.8 Å². The van der Waals surface area contributed by atoms with Crippen LogP contribution in [0.2, 0.25) is 0 Å². The monoisotopic (exact) mass is 273 g/mol. The number of carbonyl (C=O) groups is 2. The summed E-state index contributed by atoms with van der Waals surface area (Å²) in [4.78, 5) is 23.6. The molecule has 0 atom stereocenters. The van der Waals surface area contributed by atoms with E-state index in [1.165, 1.54) is 7.11 Å². The van der Waals surface area contributed by atoms with Gasteiger partial charge in [-0.1, -0.05) is 12.1 Å². The third kappa shape index (κ3) is 2.56. The van der Waals surface area contributed by atoms with Crippen molar-refractivity contribution in [1.82, 2.24) is 5.32 Å². The van der Waals surface area contributed by atoms with Crippen molar-refractivity contribution >= 4 is 18.0 Å². The zero-order valence-corrected chi connectivity index (χ0v) is 11.5. The van der Waals surface area contributed by atoms with Crippen LogP contribution in [0.4, 0.5) is 0 Å². The Kier molecular flexibility index (Phi) is 3.89. The number of esters is 1. The molecular formula is C15H15NO4. The molecule has 0 fully saturated rings.